The quantitative estimate of drug-likeness (QED) is 0.565. The van der Waals surface area contributed by atoms with Crippen LogP contribution in [0.2, 0.25) is 10.0 Å². The minimum absolute atomic E-state index is 0.0754. The molecule has 1 amide bonds. The summed E-state index contributed by atoms with van der Waals surface area (Å²) in [6.07, 6.45) is 1.71. The Balaban J connectivity index is 1.77. The Bertz CT molecular complexity index is 1120. The van der Waals surface area contributed by atoms with Crippen LogP contribution >= 0.6 is 23.2 Å². The Morgan fingerprint density at radius 2 is 1.87 bits per heavy atom. The van der Waals surface area contributed by atoms with E-state index in [9.17, 15) is 4.79 Å². The molecule has 0 fully saturated rings. The van der Waals surface area contributed by atoms with E-state index in [0.717, 1.165) is 22.6 Å². The van der Waals surface area contributed by atoms with Crippen LogP contribution in [0.3, 0.4) is 0 Å². The first-order valence-electron chi connectivity index (χ1n) is 9.67. The second kappa shape index (κ2) is 8.17. The Hall–Kier alpha value is -2.76. The van der Waals surface area contributed by atoms with Gasteiger partial charge in [0.05, 0.1) is 27.9 Å². The van der Waals surface area contributed by atoms with Crippen molar-refractivity contribution in [1.29, 1.82) is 0 Å². The van der Waals surface area contributed by atoms with E-state index in [2.05, 4.69) is 10.4 Å². The highest BCUT2D eigenvalue weighted by molar-refractivity contribution is 6.42. The van der Waals surface area contributed by atoms with Crippen LogP contribution in [-0.2, 0) is 4.79 Å². The summed E-state index contributed by atoms with van der Waals surface area (Å²) in [5.41, 5.74) is 3.33. The molecule has 1 unspecified atom stereocenters. The van der Waals surface area contributed by atoms with Crippen molar-refractivity contribution < 1.29 is 4.79 Å². The third-order valence-corrected chi connectivity index (χ3v) is 6.32. The predicted molar refractivity (Wildman–Crippen MR) is 121 cm³/mol. The maximum absolute atomic E-state index is 13.7. The van der Waals surface area contributed by atoms with Crippen LogP contribution in [0.4, 0.5) is 5.82 Å². The maximum Gasteiger partial charge on any atom is 0.254 e. The summed E-state index contributed by atoms with van der Waals surface area (Å²) in [5, 5.41) is 8.69. The van der Waals surface area contributed by atoms with Crippen LogP contribution in [0.5, 0.6) is 0 Å². The number of likely N-dealkylation sites (N-methyl/N-ethyl adjacent to an activating group) is 1. The molecule has 2 heterocycles. The first-order chi connectivity index (χ1) is 14.4. The molecule has 0 saturated heterocycles. The van der Waals surface area contributed by atoms with Gasteiger partial charge < -0.3 is 10.2 Å². The lowest BCUT2D eigenvalue weighted by atomic mass is 9.93. The Labute approximate surface area is 185 Å². The maximum atomic E-state index is 13.7. The van der Waals surface area contributed by atoms with Crippen molar-refractivity contribution in [3.63, 3.8) is 0 Å². The van der Waals surface area contributed by atoms with Crippen molar-refractivity contribution in [2.24, 2.45) is 0 Å². The third kappa shape index (κ3) is 3.59. The van der Waals surface area contributed by atoms with Crippen LogP contribution in [0.1, 0.15) is 37.1 Å². The zero-order valence-electron chi connectivity index (χ0n) is 16.9. The minimum atomic E-state index is -0.413. The second-order valence-electron chi connectivity index (χ2n) is 7.40. The fourth-order valence-corrected chi connectivity index (χ4v) is 4.10. The zero-order chi connectivity index (χ0) is 21.4. The van der Waals surface area contributed by atoms with Crippen molar-refractivity contribution in [3.8, 4) is 0 Å². The van der Waals surface area contributed by atoms with Crippen LogP contribution < -0.4 is 5.32 Å². The lowest BCUT2D eigenvalue weighted by Gasteiger charge is -2.34. The standard InChI is InChI=1S/C23H22Cl2N4O/c1-14-21(23(30)28(3)15(2)16-7-5-4-6-8-16)22(29-20(27-14)11-12-26-29)17-9-10-18(24)19(25)13-17/h4-13,15,22,27H,1-3H3/t15-,22?/m0/s1. The normalized spacial score (nSPS) is 16.6. The van der Waals surface area contributed by atoms with Crippen molar-refractivity contribution in [2.45, 2.75) is 25.9 Å². The first kappa shape index (κ1) is 20.5. The molecule has 5 nitrogen and oxygen atoms in total. The number of nitrogens with one attached hydrogen (secondary N) is 1. The number of rotatable bonds is 4. The van der Waals surface area contributed by atoms with Gasteiger partial charge in [-0.2, -0.15) is 5.10 Å². The molecule has 1 aliphatic rings. The van der Waals surface area contributed by atoms with Crippen LogP contribution in [0, 0.1) is 0 Å². The number of nitrogens with zero attached hydrogens (tertiary/aromatic N) is 3. The van der Waals surface area contributed by atoms with Gasteiger partial charge in [0.2, 0.25) is 0 Å². The van der Waals surface area contributed by atoms with E-state index in [1.54, 1.807) is 27.9 Å². The number of hydrogen-bond donors (Lipinski definition) is 1. The van der Waals surface area contributed by atoms with Gasteiger partial charge in [-0.1, -0.05) is 59.6 Å². The number of aromatic nitrogens is 2. The number of amides is 1. The van der Waals surface area contributed by atoms with Gasteiger partial charge in [0, 0.05) is 18.8 Å². The molecule has 3 aromatic rings. The summed E-state index contributed by atoms with van der Waals surface area (Å²) >= 11 is 12.4. The third-order valence-electron chi connectivity index (χ3n) is 5.58. The molecule has 0 aliphatic carbocycles. The predicted octanol–water partition coefficient (Wildman–Crippen LogP) is 5.70. The molecular formula is C23H22Cl2N4O. The van der Waals surface area contributed by atoms with Crippen molar-refractivity contribution >= 4 is 34.9 Å². The van der Waals surface area contributed by atoms with Crippen molar-refractivity contribution in [1.82, 2.24) is 14.7 Å². The SMILES string of the molecule is CC1=C(C(=O)N(C)[C@@H](C)c2ccccc2)C(c2ccc(Cl)c(Cl)c2)n2nccc2N1. The molecule has 1 N–H and O–H groups in total. The number of allylic oxidation sites excluding steroid dienone is 1. The summed E-state index contributed by atoms with van der Waals surface area (Å²) < 4.78 is 1.81. The molecule has 154 valence electrons. The van der Waals surface area contributed by atoms with Gasteiger partial charge >= 0.3 is 0 Å². The summed E-state index contributed by atoms with van der Waals surface area (Å²) in [7, 11) is 1.82. The van der Waals surface area contributed by atoms with Crippen LogP contribution in [0.15, 0.2) is 72.1 Å². The summed E-state index contributed by atoms with van der Waals surface area (Å²) in [6.45, 7) is 3.93. The molecule has 2 aromatic carbocycles. The molecule has 0 saturated carbocycles. The smallest absolute Gasteiger partial charge is 0.254 e. The van der Waals surface area contributed by atoms with Gasteiger partial charge in [-0.25, -0.2) is 4.68 Å². The minimum Gasteiger partial charge on any atom is -0.344 e. The van der Waals surface area contributed by atoms with E-state index in [-0.39, 0.29) is 11.9 Å². The highest BCUT2D eigenvalue weighted by Crippen LogP contribution is 2.39. The largest absolute Gasteiger partial charge is 0.344 e. The summed E-state index contributed by atoms with van der Waals surface area (Å²) in [4.78, 5) is 15.5. The molecule has 4 rings (SSSR count). The van der Waals surface area contributed by atoms with E-state index >= 15 is 0 Å². The topological polar surface area (TPSA) is 50.2 Å². The van der Waals surface area contributed by atoms with Gasteiger partial charge in [-0.05, 0) is 37.1 Å². The fourth-order valence-electron chi connectivity index (χ4n) is 3.79. The number of fused-ring (bicyclic) bond motifs is 1. The molecule has 0 bridgehead atoms. The Kier molecular flexibility index (Phi) is 5.58. The van der Waals surface area contributed by atoms with Gasteiger partial charge in [-0.3, -0.25) is 4.79 Å². The van der Waals surface area contributed by atoms with Gasteiger partial charge in [-0.15, -0.1) is 0 Å². The first-order valence-corrected chi connectivity index (χ1v) is 10.4. The highest BCUT2D eigenvalue weighted by atomic mass is 35.5. The van der Waals surface area contributed by atoms with Gasteiger partial charge in [0.25, 0.3) is 5.91 Å². The van der Waals surface area contributed by atoms with Crippen LogP contribution in [-0.4, -0.2) is 27.6 Å². The average Bonchev–Trinajstić information content (AvgIpc) is 3.21. The van der Waals surface area contributed by atoms with Crippen LogP contribution in [0.25, 0.3) is 0 Å². The molecule has 1 aliphatic heterocycles. The number of carbonyl (C=O) groups excluding carboxylic acids is 1. The molecule has 0 radical (unpaired) electrons. The molecular weight excluding hydrogens is 419 g/mol. The second-order valence-corrected chi connectivity index (χ2v) is 8.22. The van der Waals surface area contributed by atoms with Crippen molar-refractivity contribution in [2.75, 3.05) is 12.4 Å². The number of halogens is 2. The Morgan fingerprint density at radius 3 is 2.57 bits per heavy atom. The summed E-state index contributed by atoms with van der Waals surface area (Å²) in [6, 6.07) is 16.8. The van der Waals surface area contributed by atoms with Gasteiger partial charge in [0.1, 0.15) is 11.9 Å². The summed E-state index contributed by atoms with van der Waals surface area (Å²) in [5.74, 6) is 0.743. The van der Waals surface area contributed by atoms with E-state index in [1.165, 1.54) is 0 Å². The zero-order valence-corrected chi connectivity index (χ0v) is 18.4. The lowest BCUT2D eigenvalue weighted by Crippen LogP contribution is -2.37. The number of benzene rings is 2. The molecule has 2 atom stereocenters. The monoisotopic (exact) mass is 440 g/mol. The number of anilines is 1. The highest BCUT2D eigenvalue weighted by Gasteiger charge is 2.35. The lowest BCUT2D eigenvalue weighted by molar-refractivity contribution is -0.128. The van der Waals surface area contributed by atoms with Gasteiger partial charge in [0.15, 0.2) is 0 Å². The van der Waals surface area contributed by atoms with E-state index in [0.29, 0.717) is 15.6 Å². The van der Waals surface area contributed by atoms with E-state index in [1.807, 2.05) is 63.4 Å². The molecule has 1 aromatic heterocycles. The molecule has 30 heavy (non-hydrogen) atoms. The number of hydrogen-bond acceptors (Lipinski definition) is 3. The molecule has 7 heteroatoms. The number of carbonyl (C=O) groups is 1. The fraction of sp³-hybridized carbons (Fsp3) is 0.217. The van der Waals surface area contributed by atoms with E-state index in [4.69, 9.17) is 23.2 Å². The average molecular weight is 441 g/mol. The molecule has 0 spiro atoms. The Morgan fingerprint density at radius 1 is 1.13 bits per heavy atom. The van der Waals surface area contributed by atoms with E-state index < -0.39 is 6.04 Å². The van der Waals surface area contributed by atoms with Crippen molar-refractivity contribution in [3.05, 3.63) is 93.2 Å².